The Bertz CT molecular complexity index is 656. The highest BCUT2D eigenvalue weighted by Gasteiger charge is 2.25. The number of nitrogens with zero attached hydrogens (tertiary/aromatic N) is 2. The first-order valence-electron chi connectivity index (χ1n) is 8.58. The molecule has 3 rings (SSSR count). The topological polar surface area (TPSA) is 26.7 Å². The third-order valence-corrected chi connectivity index (χ3v) is 4.89. The lowest BCUT2D eigenvalue weighted by Crippen LogP contribution is -2.46. The monoisotopic (exact) mass is 322 g/mol. The van der Waals surface area contributed by atoms with Crippen molar-refractivity contribution in [3.8, 4) is 0 Å². The lowest BCUT2D eigenvalue weighted by atomic mass is 9.88. The quantitative estimate of drug-likeness (QED) is 0.856. The summed E-state index contributed by atoms with van der Waals surface area (Å²) in [4.78, 5) is 4.82. The summed E-state index contributed by atoms with van der Waals surface area (Å²) in [5, 5.41) is 10.9. The third-order valence-electron chi connectivity index (χ3n) is 4.89. The predicted molar refractivity (Wildman–Crippen MR) is 100 cm³/mol. The zero-order valence-electron chi connectivity index (χ0n) is 14.4. The summed E-state index contributed by atoms with van der Waals surface area (Å²) in [6.07, 6.45) is 1.97. The van der Waals surface area contributed by atoms with Crippen molar-refractivity contribution in [1.29, 1.82) is 0 Å². The fraction of sp³-hybridized carbons (Fsp3) is 0.333. The minimum Gasteiger partial charge on any atom is -0.381 e. The fourth-order valence-electron chi connectivity index (χ4n) is 3.30. The molecular formula is C21H26N2O. The summed E-state index contributed by atoms with van der Waals surface area (Å²) >= 11 is 0. The normalized spacial score (nSPS) is 18.2. The zero-order chi connectivity index (χ0) is 17.0. The van der Waals surface area contributed by atoms with Gasteiger partial charge in [-0.1, -0.05) is 48.5 Å². The third kappa shape index (κ3) is 3.53. The Hall–Kier alpha value is -2.10. The summed E-state index contributed by atoms with van der Waals surface area (Å²) in [6, 6.07) is 18.1. The van der Waals surface area contributed by atoms with Crippen LogP contribution >= 0.6 is 0 Å². The van der Waals surface area contributed by atoms with E-state index in [9.17, 15) is 5.11 Å². The lowest BCUT2D eigenvalue weighted by Gasteiger charge is -2.36. The summed E-state index contributed by atoms with van der Waals surface area (Å²) < 4.78 is 0. The molecule has 1 N–H and O–H groups in total. The van der Waals surface area contributed by atoms with Gasteiger partial charge in [-0.25, -0.2) is 0 Å². The Morgan fingerprint density at radius 1 is 0.958 bits per heavy atom. The molecule has 0 spiro atoms. The van der Waals surface area contributed by atoms with Gasteiger partial charge in [0.15, 0.2) is 0 Å². The van der Waals surface area contributed by atoms with Gasteiger partial charge < -0.3 is 10.0 Å². The maximum absolute atomic E-state index is 10.9. The summed E-state index contributed by atoms with van der Waals surface area (Å²) in [5.41, 5.74) is 2.09. The van der Waals surface area contributed by atoms with Crippen molar-refractivity contribution < 1.29 is 5.11 Å². The van der Waals surface area contributed by atoms with Gasteiger partial charge in [-0.05, 0) is 30.2 Å². The number of aliphatic hydroxyl groups is 1. The molecule has 0 saturated carbocycles. The molecule has 0 aliphatic carbocycles. The van der Waals surface area contributed by atoms with Gasteiger partial charge in [-0.3, -0.25) is 4.90 Å². The molecule has 1 atom stereocenters. The van der Waals surface area contributed by atoms with Crippen molar-refractivity contribution in [2.45, 2.75) is 12.5 Å². The van der Waals surface area contributed by atoms with E-state index in [-0.39, 0.29) is 0 Å². The Morgan fingerprint density at radius 3 is 2.12 bits per heavy atom. The predicted octanol–water partition coefficient (Wildman–Crippen LogP) is 3.25. The number of hydrogen-bond donors (Lipinski definition) is 1. The zero-order valence-corrected chi connectivity index (χ0v) is 14.4. The van der Waals surface area contributed by atoms with Crippen molar-refractivity contribution >= 4 is 5.69 Å². The molecule has 24 heavy (non-hydrogen) atoms. The van der Waals surface area contributed by atoms with Crippen LogP contribution in [0.2, 0.25) is 0 Å². The number of rotatable bonds is 5. The summed E-state index contributed by atoms with van der Waals surface area (Å²) in [7, 11) is 0. The molecule has 1 aliphatic rings. The van der Waals surface area contributed by atoms with Crippen LogP contribution in [-0.2, 0) is 5.60 Å². The van der Waals surface area contributed by atoms with Crippen molar-refractivity contribution in [3.63, 3.8) is 0 Å². The van der Waals surface area contributed by atoms with Gasteiger partial charge >= 0.3 is 0 Å². The van der Waals surface area contributed by atoms with Gasteiger partial charge in [-0.15, -0.1) is 6.58 Å². The molecule has 1 saturated heterocycles. The average Bonchev–Trinajstić information content (AvgIpc) is 2.63. The molecule has 1 unspecified atom stereocenters. The van der Waals surface area contributed by atoms with Crippen LogP contribution < -0.4 is 4.90 Å². The van der Waals surface area contributed by atoms with E-state index in [0.29, 0.717) is 0 Å². The van der Waals surface area contributed by atoms with Crippen molar-refractivity contribution in [2.24, 2.45) is 0 Å². The second kappa shape index (κ2) is 7.20. The van der Waals surface area contributed by atoms with Crippen LogP contribution in [0.15, 0.2) is 67.3 Å². The van der Waals surface area contributed by atoms with Crippen molar-refractivity contribution in [1.82, 2.24) is 4.90 Å². The van der Waals surface area contributed by atoms with E-state index in [2.05, 4.69) is 28.5 Å². The van der Waals surface area contributed by atoms with Crippen LogP contribution in [0, 0.1) is 0 Å². The van der Waals surface area contributed by atoms with Gasteiger partial charge in [-0.2, -0.15) is 0 Å². The molecule has 3 nitrogen and oxygen atoms in total. The first kappa shape index (κ1) is 16.7. The SMILES string of the molecule is C=CCN1CCN(c2ccc(C(C)(O)c3ccccc3)cc2)CC1. The van der Waals surface area contributed by atoms with E-state index in [0.717, 1.165) is 43.9 Å². The second-order valence-corrected chi connectivity index (χ2v) is 6.56. The van der Waals surface area contributed by atoms with E-state index in [1.54, 1.807) is 0 Å². The first-order chi connectivity index (χ1) is 11.6. The molecule has 1 aliphatic heterocycles. The molecule has 126 valence electrons. The Labute approximate surface area is 144 Å². The lowest BCUT2D eigenvalue weighted by molar-refractivity contribution is 0.102. The van der Waals surface area contributed by atoms with Crippen molar-refractivity contribution in [3.05, 3.63) is 78.4 Å². The van der Waals surface area contributed by atoms with Gasteiger partial charge in [0.25, 0.3) is 0 Å². The van der Waals surface area contributed by atoms with Crippen LogP contribution in [0.25, 0.3) is 0 Å². The molecule has 2 aromatic rings. The fourth-order valence-corrected chi connectivity index (χ4v) is 3.30. The Kier molecular flexibility index (Phi) is 5.03. The smallest absolute Gasteiger partial charge is 0.112 e. The number of anilines is 1. The molecule has 0 amide bonds. The first-order valence-corrected chi connectivity index (χ1v) is 8.58. The van der Waals surface area contributed by atoms with E-state index >= 15 is 0 Å². The van der Waals surface area contributed by atoms with Crippen LogP contribution in [0.3, 0.4) is 0 Å². The highest BCUT2D eigenvalue weighted by molar-refractivity contribution is 5.50. The van der Waals surface area contributed by atoms with E-state index in [4.69, 9.17) is 0 Å². The highest BCUT2D eigenvalue weighted by Crippen LogP contribution is 2.30. The van der Waals surface area contributed by atoms with Crippen LogP contribution in [0.1, 0.15) is 18.1 Å². The van der Waals surface area contributed by atoms with E-state index in [1.165, 1.54) is 5.69 Å². The van der Waals surface area contributed by atoms with Crippen LogP contribution in [0.4, 0.5) is 5.69 Å². The summed E-state index contributed by atoms with van der Waals surface area (Å²) in [5.74, 6) is 0. The number of hydrogen-bond acceptors (Lipinski definition) is 3. The molecule has 1 fully saturated rings. The van der Waals surface area contributed by atoms with Gasteiger partial charge in [0.2, 0.25) is 0 Å². The van der Waals surface area contributed by atoms with Crippen molar-refractivity contribution in [2.75, 3.05) is 37.6 Å². The van der Waals surface area contributed by atoms with Gasteiger partial charge in [0, 0.05) is 38.4 Å². The standard InChI is InChI=1S/C21H26N2O/c1-3-13-22-14-16-23(17-15-22)20-11-9-19(10-12-20)21(2,24)18-7-5-4-6-8-18/h3-12,24H,1,13-17H2,2H3. The summed E-state index contributed by atoms with van der Waals surface area (Å²) in [6.45, 7) is 10.8. The molecule has 3 heteroatoms. The second-order valence-electron chi connectivity index (χ2n) is 6.56. The van der Waals surface area contributed by atoms with Crippen LogP contribution in [-0.4, -0.2) is 42.7 Å². The molecular weight excluding hydrogens is 296 g/mol. The highest BCUT2D eigenvalue weighted by atomic mass is 16.3. The minimum atomic E-state index is -0.970. The minimum absolute atomic E-state index is 0.913. The number of benzene rings is 2. The average molecular weight is 322 g/mol. The maximum atomic E-state index is 10.9. The van der Waals surface area contributed by atoms with Crippen LogP contribution in [0.5, 0.6) is 0 Å². The van der Waals surface area contributed by atoms with E-state index < -0.39 is 5.60 Å². The Morgan fingerprint density at radius 2 is 1.54 bits per heavy atom. The number of piperazine rings is 1. The van der Waals surface area contributed by atoms with Gasteiger partial charge in [0.1, 0.15) is 5.60 Å². The molecule has 1 heterocycles. The molecule has 2 aromatic carbocycles. The van der Waals surface area contributed by atoms with Gasteiger partial charge in [0.05, 0.1) is 0 Å². The maximum Gasteiger partial charge on any atom is 0.112 e. The molecule has 0 aromatic heterocycles. The molecule has 0 radical (unpaired) electrons. The van der Waals surface area contributed by atoms with E-state index in [1.807, 2.05) is 55.5 Å². The largest absolute Gasteiger partial charge is 0.381 e. The molecule has 0 bridgehead atoms. The Balaban J connectivity index is 1.71.